The Labute approximate surface area is 118 Å². The summed E-state index contributed by atoms with van der Waals surface area (Å²) in [7, 11) is 0. The van der Waals surface area contributed by atoms with Crippen molar-refractivity contribution < 1.29 is 4.79 Å². The molecule has 3 rings (SSSR count). The van der Waals surface area contributed by atoms with Crippen molar-refractivity contribution in [2.75, 3.05) is 0 Å². The average molecular weight is 266 g/mol. The molecule has 3 heteroatoms. The molecule has 1 heterocycles. The first-order chi connectivity index (χ1) is 9.81. The molecule has 20 heavy (non-hydrogen) atoms. The summed E-state index contributed by atoms with van der Waals surface area (Å²) in [6.07, 6.45) is 8.94. The van der Waals surface area contributed by atoms with E-state index in [9.17, 15) is 4.79 Å². The number of nitrogens with one attached hydrogen (secondary N) is 1. The highest BCUT2D eigenvalue weighted by Gasteiger charge is 2.13. The smallest absolute Gasteiger partial charge is 0.220 e. The minimum absolute atomic E-state index is 0.120. The molecule has 1 atom stereocenters. The molecule has 1 amide bonds. The van der Waals surface area contributed by atoms with E-state index in [2.05, 4.69) is 28.5 Å². The number of aromatic nitrogens is 1. The van der Waals surface area contributed by atoms with Crippen molar-refractivity contribution in [1.82, 2.24) is 10.3 Å². The number of nitrogens with zero attached hydrogens (tertiary/aromatic N) is 1. The topological polar surface area (TPSA) is 42.0 Å². The van der Waals surface area contributed by atoms with Crippen LogP contribution in [-0.2, 0) is 11.3 Å². The van der Waals surface area contributed by atoms with Crippen molar-refractivity contribution in [3.63, 3.8) is 0 Å². The van der Waals surface area contributed by atoms with Crippen LogP contribution in [0.15, 0.2) is 48.7 Å². The van der Waals surface area contributed by atoms with Gasteiger partial charge >= 0.3 is 0 Å². The summed E-state index contributed by atoms with van der Waals surface area (Å²) >= 11 is 0. The molecule has 1 unspecified atom stereocenters. The Morgan fingerprint density at radius 3 is 3.10 bits per heavy atom. The molecule has 2 aromatic rings. The van der Waals surface area contributed by atoms with Crippen molar-refractivity contribution in [3.05, 3.63) is 54.2 Å². The van der Waals surface area contributed by atoms with Crippen LogP contribution in [0.1, 0.15) is 24.8 Å². The largest absolute Gasteiger partial charge is 0.352 e. The van der Waals surface area contributed by atoms with E-state index < -0.39 is 0 Å². The number of hydrogen-bond donors (Lipinski definition) is 1. The predicted molar refractivity (Wildman–Crippen MR) is 80.1 cm³/mol. The summed E-state index contributed by atoms with van der Waals surface area (Å²) in [5.41, 5.74) is 2.03. The summed E-state index contributed by atoms with van der Waals surface area (Å²) in [6, 6.07) is 10.1. The Morgan fingerprint density at radius 1 is 1.35 bits per heavy atom. The van der Waals surface area contributed by atoms with E-state index in [-0.39, 0.29) is 5.91 Å². The van der Waals surface area contributed by atoms with E-state index in [0.717, 1.165) is 29.3 Å². The van der Waals surface area contributed by atoms with Gasteiger partial charge in [-0.15, -0.1) is 0 Å². The molecule has 102 valence electrons. The van der Waals surface area contributed by atoms with Gasteiger partial charge in [-0.1, -0.05) is 30.4 Å². The molecular formula is C17H18N2O. The lowest BCUT2D eigenvalue weighted by molar-refractivity contribution is -0.121. The fourth-order valence-electron chi connectivity index (χ4n) is 2.59. The molecule has 1 aromatic carbocycles. The van der Waals surface area contributed by atoms with Gasteiger partial charge in [0.05, 0.1) is 5.52 Å². The second-order valence-electron chi connectivity index (χ2n) is 5.28. The van der Waals surface area contributed by atoms with Gasteiger partial charge in [0.25, 0.3) is 0 Å². The van der Waals surface area contributed by atoms with Crippen LogP contribution >= 0.6 is 0 Å². The van der Waals surface area contributed by atoms with Gasteiger partial charge in [-0.3, -0.25) is 9.78 Å². The minimum atomic E-state index is 0.120. The first kappa shape index (κ1) is 12.9. The van der Waals surface area contributed by atoms with E-state index in [4.69, 9.17) is 0 Å². The molecule has 3 nitrogen and oxygen atoms in total. The van der Waals surface area contributed by atoms with Crippen molar-refractivity contribution in [2.24, 2.45) is 5.92 Å². The molecule has 0 radical (unpaired) electrons. The highest BCUT2D eigenvalue weighted by atomic mass is 16.1. The van der Waals surface area contributed by atoms with E-state index in [1.165, 1.54) is 0 Å². The summed E-state index contributed by atoms with van der Waals surface area (Å²) in [5.74, 6) is 0.541. The van der Waals surface area contributed by atoms with Gasteiger partial charge in [-0.2, -0.15) is 0 Å². The van der Waals surface area contributed by atoms with E-state index in [0.29, 0.717) is 18.9 Å². The van der Waals surface area contributed by atoms with Crippen molar-refractivity contribution in [3.8, 4) is 0 Å². The summed E-state index contributed by atoms with van der Waals surface area (Å²) in [6.45, 7) is 0.549. The molecule has 1 aliphatic carbocycles. The second kappa shape index (κ2) is 5.87. The van der Waals surface area contributed by atoms with Gasteiger partial charge in [0, 0.05) is 24.5 Å². The lowest BCUT2D eigenvalue weighted by Gasteiger charge is -2.09. The quantitative estimate of drug-likeness (QED) is 0.863. The van der Waals surface area contributed by atoms with E-state index in [1.807, 2.05) is 30.5 Å². The van der Waals surface area contributed by atoms with Crippen LogP contribution < -0.4 is 5.32 Å². The number of amides is 1. The third kappa shape index (κ3) is 3.05. The number of allylic oxidation sites excluding steroid dienone is 2. The van der Waals surface area contributed by atoms with Crippen LogP contribution in [-0.4, -0.2) is 10.9 Å². The van der Waals surface area contributed by atoms with Crippen LogP contribution in [0.4, 0.5) is 0 Å². The highest BCUT2D eigenvalue weighted by molar-refractivity contribution is 5.79. The minimum Gasteiger partial charge on any atom is -0.352 e. The third-order valence-electron chi connectivity index (χ3n) is 3.70. The van der Waals surface area contributed by atoms with Crippen molar-refractivity contribution >= 4 is 16.8 Å². The van der Waals surface area contributed by atoms with Gasteiger partial charge in [0.15, 0.2) is 0 Å². The summed E-state index contributed by atoms with van der Waals surface area (Å²) in [5, 5.41) is 4.09. The maximum atomic E-state index is 11.9. The third-order valence-corrected chi connectivity index (χ3v) is 3.70. The van der Waals surface area contributed by atoms with Crippen LogP contribution in [0.5, 0.6) is 0 Å². The first-order valence-electron chi connectivity index (χ1n) is 7.08. The molecule has 0 saturated carbocycles. The fraction of sp³-hybridized carbons (Fsp3) is 0.294. The van der Waals surface area contributed by atoms with E-state index in [1.54, 1.807) is 0 Å². The SMILES string of the molecule is O=C(CC1C=CCC1)NCc1cnc2ccccc2c1. The van der Waals surface area contributed by atoms with E-state index >= 15 is 0 Å². The molecule has 0 bridgehead atoms. The number of fused-ring (bicyclic) bond motifs is 1. The van der Waals surface area contributed by atoms with Gasteiger partial charge in [0.1, 0.15) is 0 Å². The van der Waals surface area contributed by atoms with Crippen LogP contribution in [0.2, 0.25) is 0 Å². The van der Waals surface area contributed by atoms with Crippen molar-refractivity contribution in [2.45, 2.75) is 25.8 Å². The maximum absolute atomic E-state index is 11.9. The zero-order chi connectivity index (χ0) is 13.8. The number of para-hydroxylation sites is 1. The number of pyridine rings is 1. The normalized spacial score (nSPS) is 17.5. The lowest BCUT2D eigenvalue weighted by Crippen LogP contribution is -2.24. The molecule has 0 spiro atoms. The maximum Gasteiger partial charge on any atom is 0.220 e. The number of rotatable bonds is 4. The van der Waals surface area contributed by atoms with Gasteiger partial charge in [0.2, 0.25) is 5.91 Å². The molecule has 1 N–H and O–H groups in total. The molecule has 0 saturated heterocycles. The summed E-state index contributed by atoms with van der Waals surface area (Å²) in [4.78, 5) is 16.3. The number of carbonyl (C=O) groups excluding carboxylic acids is 1. The number of hydrogen-bond acceptors (Lipinski definition) is 2. The Kier molecular flexibility index (Phi) is 3.77. The van der Waals surface area contributed by atoms with Gasteiger partial charge in [-0.05, 0) is 36.5 Å². The zero-order valence-electron chi connectivity index (χ0n) is 11.4. The standard InChI is InChI=1S/C17H18N2O/c20-17(10-13-5-1-2-6-13)19-12-14-9-15-7-3-4-8-16(15)18-11-14/h1,3-5,7-9,11,13H,2,6,10,12H2,(H,19,20). The summed E-state index contributed by atoms with van der Waals surface area (Å²) < 4.78 is 0. The lowest BCUT2D eigenvalue weighted by atomic mass is 10.1. The first-order valence-corrected chi connectivity index (χ1v) is 7.08. The van der Waals surface area contributed by atoms with Gasteiger partial charge < -0.3 is 5.32 Å². The molecular weight excluding hydrogens is 248 g/mol. The molecule has 1 aromatic heterocycles. The average Bonchev–Trinajstić information content (AvgIpc) is 2.98. The van der Waals surface area contributed by atoms with Crippen LogP contribution in [0.3, 0.4) is 0 Å². The molecule has 0 aliphatic heterocycles. The number of benzene rings is 1. The Hall–Kier alpha value is -2.16. The molecule has 1 aliphatic rings. The van der Waals surface area contributed by atoms with Gasteiger partial charge in [-0.25, -0.2) is 0 Å². The highest BCUT2D eigenvalue weighted by Crippen LogP contribution is 2.20. The Morgan fingerprint density at radius 2 is 2.25 bits per heavy atom. The fourth-order valence-corrected chi connectivity index (χ4v) is 2.59. The predicted octanol–water partition coefficient (Wildman–Crippen LogP) is 3.21. The van der Waals surface area contributed by atoms with Crippen LogP contribution in [0.25, 0.3) is 10.9 Å². The second-order valence-corrected chi connectivity index (χ2v) is 5.28. The Bertz CT molecular complexity index is 648. The zero-order valence-corrected chi connectivity index (χ0v) is 11.4. The number of carbonyl (C=O) groups is 1. The Balaban J connectivity index is 1.58. The molecule has 0 fully saturated rings. The van der Waals surface area contributed by atoms with Crippen molar-refractivity contribution in [1.29, 1.82) is 0 Å². The monoisotopic (exact) mass is 266 g/mol. The van der Waals surface area contributed by atoms with Crippen LogP contribution in [0, 0.1) is 5.92 Å².